The molecule has 0 saturated carbocycles. The summed E-state index contributed by atoms with van der Waals surface area (Å²) in [6.07, 6.45) is 3.30. The lowest BCUT2D eigenvalue weighted by Crippen LogP contribution is -2.19. The summed E-state index contributed by atoms with van der Waals surface area (Å²) < 4.78 is 18.8. The summed E-state index contributed by atoms with van der Waals surface area (Å²) in [7, 11) is 0. The first-order valence-electron chi connectivity index (χ1n) is 6.57. The Morgan fingerprint density at radius 1 is 1.35 bits per heavy atom. The Morgan fingerprint density at radius 2 is 2.20 bits per heavy atom. The van der Waals surface area contributed by atoms with Crippen LogP contribution in [0.25, 0.3) is 0 Å². The molecule has 1 aliphatic rings. The highest BCUT2D eigenvalue weighted by Gasteiger charge is 2.23. The molecular weight excluding hydrogens is 257 g/mol. The molecule has 0 radical (unpaired) electrons. The Morgan fingerprint density at radius 3 is 3.05 bits per heavy atom. The van der Waals surface area contributed by atoms with Crippen molar-refractivity contribution in [2.75, 3.05) is 6.61 Å². The molecule has 0 saturated heterocycles. The van der Waals surface area contributed by atoms with E-state index in [1.54, 1.807) is 0 Å². The molecule has 1 aliphatic heterocycles. The summed E-state index contributed by atoms with van der Waals surface area (Å²) in [4.78, 5) is 15.9. The van der Waals surface area contributed by atoms with Crippen LogP contribution in [0.4, 0.5) is 4.39 Å². The smallest absolute Gasteiger partial charge is 0.167 e. The van der Waals surface area contributed by atoms with Crippen molar-refractivity contribution in [1.29, 1.82) is 0 Å². The number of nitrogens with zero attached hydrogens (tertiary/aromatic N) is 1. The van der Waals surface area contributed by atoms with Crippen molar-refractivity contribution in [3.63, 3.8) is 0 Å². The summed E-state index contributed by atoms with van der Waals surface area (Å²) >= 11 is 0. The van der Waals surface area contributed by atoms with Crippen LogP contribution in [0, 0.1) is 5.82 Å². The number of hydrogen-bond donors (Lipinski definition) is 0. The highest BCUT2D eigenvalue weighted by Crippen LogP contribution is 2.30. The number of benzene rings is 1. The number of aromatic nitrogens is 1. The topological polar surface area (TPSA) is 39.2 Å². The van der Waals surface area contributed by atoms with Crippen molar-refractivity contribution < 1.29 is 13.9 Å². The van der Waals surface area contributed by atoms with Gasteiger partial charge in [0.1, 0.15) is 5.82 Å². The molecule has 3 rings (SSSR count). The number of ether oxygens (including phenoxy) is 1. The molecule has 0 spiro atoms. The Bertz CT molecular complexity index is 642. The van der Waals surface area contributed by atoms with Gasteiger partial charge in [-0.05, 0) is 23.6 Å². The number of fused-ring (bicyclic) bond motifs is 1. The van der Waals surface area contributed by atoms with E-state index in [0.717, 1.165) is 18.2 Å². The van der Waals surface area contributed by atoms with Crippen LogP contribution in [0.15, 0.2) is 42.7 Å². The van der Waals surface area contributed by atoms with Gasteiger partial charge in [0.2, 0.25) is 0 Å². The predicted molar refractivity (Wildman–Crippen MR) is 72.0 cm³/mol. The van der Waals surface area contributed by atoms with Gasteiger partial charge >= 0.3 is 0 Å². The SMILES string of the molecule is O=C(CC1OCCc2ccccc21)c1cncc(F)c1. The van der Waals surface area contributed by atoms with Gasteiger partial charge in [0.25, 0.3) is 0 Å². The van der Waals surface area contributed by atoms with Crippen LogP contribution in [0.5, 0.6) is 0 Å². The summed E-state index contributed by atoms with van der Waals surface area (Å²) in [5.41, 5.74) is 2.56. The van der Waals surface area contributed by atoms with Crippen LogP contribution in [0.1, 0.15) is 34.0 Å². The minimum Gasteiger partial charge on any atom is -0.373 e. The summed E-state index contributed by atoms with van der Waals surface area (Å²) in [6.45, 7) is 0.608. The second-order valence-electron chi connectivity index (χ2n) is 4.83. The van der Waals surface area contributed by atoms with Crippen LogP contribution in [-0.4, -0.2) is 17.4 Å². The molecular formula is C16H14FNO2. The Hall–Kier alpha value is -2.07. The fourth-order valence-corrected chi connectivity index (χ4v) is 2.50. The molecule has 1 aromatic heterocycles. The zero-order valence-electron chi connectivity index (χ0n) is 10.9. The Balaban J connectivity index is 1.81. The fraction of sp³-hybridized carbons (Fsp3) is 0.250. The van der Waals surface area contributed by atoms with Gasteiger partial charge in [0.15, 0.2) is 5.78 Å². The van der Waals surface area contributed by atoms with Crippen LogP contribution < -0.4 is 0 Å². The highest BCUT2D eigenvalue weighted by atomic mass is 19.1. The zero-order chi connectivity index (χ0) is 13.9. The number of carbonyl (C=O) groups excluding carboxylic acids is 1. The van der Waals surface area contributed by atoms with Gasteiger partial charge in [-0.15, -0.1) is 0 Å². The van der Waals surface area contributed by atoms with E-state index < -0.39 is 5.82 Å². The van der Waals surface area contributed by atoms with Gasteiger partial charge in [-0.25, -0.2) is 4.39 Å². The summed E-state index contributed by atoms with van der Waals surface area (Å²) in [5, 5.41) is 0. The van der Waals surface area contributed by atoms with Crippen molar-refractivity contribution in [3.8, 4) is 0 Å². The molecule has 2 heterocycles. The van der Waals surface area contributed by atoms with Gasteiger partial charge in [-0.1, -0.05) is 24.3 Å². The third-order valence-corrected chi connectivity index (χ3v) is 3.49. The van der Waals surface area contributed by atoms with Gasteiger partial charge in [0.05, 0.1) is 18.9 Å². The van der Waals surface area contributed by atoms with E-state index >= 15 is 0 Å². The lowest BCUT2D eigenvalue weighted by Gasteiger charge is -2.25. The van der Waals surface area contributed by atoms with E-state index in [0.29, 0.717) is 6.61 Å². The highest BCUT2D eigenvalue weighted by molar-refractivity contribution is 5.96. The van der Waals surface area contributed by atoms with Crippen molar-refractivity contribution in [1.82, 2.24) is 4.98 Å². The van der Waals surface area contributed by atoms with Crippen molar-refractivity contribution in [2.24, 2.45) is 0 Å². The van der Waals surface area contributed by atoms with Gasteiger partial charge in [0, 0.05) is 18.2 Å². The van der Waals surface area contributed by atoms with Crippen LogP contribution >= 0.6 is 0 Å². The van der Waals surface area contributed by atoms with E-state index in [2.05, 4.69) is 11.1 Å². The molecule has 0 bridgehead atoms. The standard InChI is InChI=1S/C16H14FNO2/c17-13-7-12(9-18-10-13)15(19)8-16-14-4-2-1-3-11(14)5-6-20-16/h1-4,7,9-10,16H,5-6,8H2. The van der Waals surface area contributed by atoms with Gasteiger partial charge in [-0.2, -0.15) is 0 Å². The number of rotatable bonds is 3. The average Bonchev–Trinajstić information content (AvgIpc) is 2.47. The average molecular weight is 271 g/mol. The van der Waals surface area contributed by atoms with Crippen molar-refractivity contribution >= 4 is 5.78 Å². The lowest BCUT2D eigenvalue weighted by molar-refractivity contribution is 0.0351. The second-order valence-corrected chi connectivity index (χ2v) is 4.83. The first-order valence-corrected chi connectivity index (χ1v) is 6.57. The summed E-state index contributed by atoms with van der Waals surface area (Å²) in [6, 6.07) is 9.17. The Labute approximate surface area is 116 Å². The third kappa shape index (κ3) is 2.60. The number of Topliss-reactive ketones (excluding diaryl/α,β-unsaturated/α-hetero) is 1. The van der Waals surface area contributed by atoms with Crippen LogP contribution in [0.3, 0.4) is 0 Å². The number of hydrogen-bond acceptors (Lipinski definition) is 3. The molecule has 2 aromatic rings. The maximum atomic E-state index is 13.1. The summed E-state index contributed by atoms with van der Waals surface area (Å²) in [5.74, 6) is -0.653. The quantitative estimate of drug-likeness (QED) is 0.805. The van der Waals surface area contributed by atoms with E-state index in [4.69, 9.17) is 4.74 Å². The molecule has 1 aromatic carbocycles. The Kier molecular flexibility index (Phi) is 3.56. The first kappa shape index (κ1) is 12.9. The van der Waals surface area contributed by atoms with E-state index in [1.165, 1.54) is 17.8 Å². The molecule has 1 unspecified atom stereocenters. The van der Waals surface area contributed by atoms with E-state index in [9.17, 15) is 9.18 Å². The maximum absolute atomic E-state index is 13.1. The van der Waals surface area contributed by atoms with Gasteiger partial charge in [-0.3, -0.25) is 9.78 Å². The van der Waals surface area contributed by atoms with Gasteiger partial charge < -0.3 is 4.74 Å². The molecule has 0 N–H and O–H groups in total. The third-order valence-electron chi connectivity index (χ3n) is 3.49. The fourth-order valence-electron chi connectivity index (χ4n) is 2.50. The first-order chi connectivity index (χ1) is 9.74. The largest absolute Gasteiger partial charge is 0.373 e. The maximum Gasteiger partial charge on any atom is 0.167 e. The molecule has 3 nitrogen and oxygen atoms in total. The predicted octanol–water partition coefficient (Wildman–Crippen LogP) is 3.11. The monoisotopic (exact) mass is 271 g/mol. The minimum absolute atomic E-state index is 0.154. The van der Waals surface area contributed by atoms with Crippen molar-refractivity contribution in [3.05, 3.63) is 65.2 Å². The van der Waals surface area contributed by atoms with Crippen LogP contribution in [-0.2, 0) is 11.2 Å². The molecule has 0 aliphatic carbocycles. The second kappa shape index (κ2) is 5.51. The minimum atomic E-state index is -0.499. The molecule has 0 fully saturated rings. The number of ketones is 1. The molecule has 102 valence electrons. The normalized spacial score (nSPS) is 17.6. The molecule has 20 heavy (non-hydrogen) atoms. The van der Waals surface area contributed by atoms with E-state index in [1.807, 2.05) is 18.2 Å². The van der Waals surface area contributed by atoms with Crippen molar-refractivity contribution in [2.45, 2.75) is 18.9 Å². The number of halogens is 1. The van der Waals surface area contributed by atoms with E-state index in [-0.39, 0.29) is 23.9 Å². The molecule has 4 heteroatoms. The molecule has 1 atom stereocenters. The lowest BCUT2D eigenvalue weighted by atomic mass is 9.93. The zero-order valence-corrected chi connectivity index (χ0v) is 10.9. The number of pyridine rings is 1. The number of carbonyl (C=O) groups is 1. The molecule has 0 amide bonds. The van der Waals surface area contributed by atoms with Crippen LogP contribution in [0.2, 0.25) is 0 Å².